The van der Waals surface area contributed by atoms with Gasteiger partial charge in [0.15, 0.2) is 0 Å². The number of nitrogens with zero attached hydrogens (tertiary/aromatic N) is 1. The third-order valence-corrected chi connectivity index (χ3v) is 3.33. The van der Waals surface area contributed by atoms with Gasteiger partial charge in [-0.05, 0) is 37.5 Å². The first-order valence-electron chi connectivity index (χ1n) is 5.05. The van der Waals surface area contributed by atoms with Crippen molar-refractivity contribution in [3.05, 3.63) is 23.2 Å². The van der Waals surface area contributed by atoms with Crippen LogP contribution in [0.5, 0.6) is 0 Å². The van der Waals surface area contributed by atoms with Crippen LogP contribution in [0.25, 0.3) is 10.2 Å². The van der Waals surface area contributed by atoms with Gasteiger partial charge < -0.3 is 10.8 Å². The molecule has 0 fully saturated rings. The van der Waals surface area contributed by atoms with Gasteiger partial charge in [-0.2, -0.15) is 0 Å². The van der Waals surface area contributed by atoms with E-state index >= 15 is 0 Å². The fourth-order valence-electron chi connectivity index (χ4n) is 1.48. The van der Waals surface area contributed by atoms with Gasteiger partial charge in [-0.15, -0.1) is 11.3 Å². The minimum atomic E-state index is 0.262. The second-order valence-electron chi connectivity index (χ2n) is 3.52. The van der Waals surface area contributed by atoms with Crippen LogP contribution in [0.3, 0.4) is 0 Å². The number of nitrogen functional groups attached to an aromatic ring is 1. The Hall–Kier alpha value is -1.13. The van der Waals surface area contributed by atoms with Crippen LogP contribution >= 0.6 is 11.3 Å². The van der Waals surface area contributed by atoms with E-state index in [0.717, 1.165) is 40.2 Å². The van der Waals surface area contributed by atoms with Crippen molar-refractivity contribution in [3.63, 3.8) is 0 Å². The van der Waals surface area contributed by atoms with E-state index in [0.29, 0.717) is 0 Å². The summed E-state index contributed by atoms with van der Waals surface area (Å²) in [6.45, 7) is 0.262. The molecule has 0 bridgehead atoms. The lowest BCUT2D eigenvalue weighted by Crippen LogP contribution is -1.87. The Labute approximate surface area is 92.6 Å². The van der Waals surface area contributed by atoms with Gasteiger partial charge in [0.05, 0.1) is 15.2 Å². The molecule has 1 aromatic heterocycles. The van der Waals surface area contributed by atoms with E-state index in [-0.39, 0.29) is 6.61 Å². The summed E-state index contributed by atoms with van der Waals surface area (Å²) in [5.41, 5.74) is 7.51. The zero-order chi connectivity index (χ0) is 10.7. The van der Waals surface area contributed by atoms with Crippen LogP contribution in [0.2, 0.25) is 0 Å². The molecule has 0 aliphatic carbocycles. The standard InChI is InChI=1S/C11H14N2OS/c12-8-4-5-9-10(7-8)15-11(13-9)3-1-2-6-14/h4-5,7,14H,1-3,6,12H2. The van der Waals surface area contributed by atoms with Gasteiger partial charge in [-0.1, -0.05) is 0 Å². The predicted molar refractivity (Wildman–Crippen MR) is 64.1 cm³/mol. The van der Waals surface area contributed by atoms with Crippen LogP contribution in [0, 0.1) is 0 Å². The number of hydrogen-bond acceptors (Lipinski definition) is 4. The number of rotatable bonds is 4. The molecule has 3 nitrogen and oxygen atoms in total. The zero-order valence-corrected chi connectivity index (χ0v) is 9.26. The molecule has 1 heterocycles. The van der Waals surface area contributed by atoms with Crippen molar-refractivity contribution in [1.82, 2.24) is 4.98 Å². The van der Waals surface area contributed by atoms with Crippen molar-refractivity contribution in [2.24, 2.45) is 0 Å². The summed E-state index contributed by atoms with van der Waals surface area (Å²) in [5, 5.41) is 9.82. The summed E-state index contributed by atoms with van der Waals surface area (Å²) in [6.07, 6.45) is 2.78. The fourth-order valence-corrected chi connectivity index (χ4v) is 2.54. The van der Waals surface area contributed by atoms with Crippen LogP contribution in [0.1, 0.15) is 17.8 Å². The van der Waals surface area contributed by atoms with Crippen LogP contribution in [0.4, 0.5) is 5.69 Å². The topological polar surface area (TPSA) is 59.1 Å². The Bertz CT molecular complexity index is 453. The average molecular weight is 222 g/mol. The quantitative estimate of drug-likeness (QED) is 0.616. The highest BCUT2D eigenvalue weighted by molar-refractivity contribution is 7.18. The highest BCUT2D eigenvalue weighted by atomic mass is 32.1. The Morgan fingerprint density at radius 3 is 3.00 bits per heavy atom. The molecule has 15 heavy (non-hydrogen) atoms. The monoisotopic (exact) mass is 222 g/mol. The highest BCUT2D eigenvalue weighted by Crippen LogP contribution is 2.24. The van der Waals surface area contributed by atoms with Gasteiger partial charge in [0.2, 0.25) is 0 Å². The number of nitrogens with two attached hydrogens (primary N) is 1. The average Bonchev–Trinajstić information content (AvgIpc) is 2.60. The number of benzene rings is 1. The van der Waals surface area contributed by atoms with Gasteiger partial charge in [0, 0.05) is 12.3 Å². The van der Waals surface area contributed by atoms with E-state index in [9.17, 15) is 0 Å². The van der Waals surface area contributed by atoms with E-state index in [1.807, 2.05) is 18.2 Å². The van der Waals surface area contributed by atoms with Crippen molar-refractivity contribution >= 4 is 27.2 Å². The van der Waals surface area contributed by atoms with Crippen molar-refractivity contribution in [2.75, 3.05) is 12.3 Å². The Balaban J connectivity index is 2.16. The SMILES string of the molecule is Nc1ccc2nc(CCCCO)sc2c1. The maximum absolute atomic E-state index is 8.69. The number of aromatic nitrogens is 1. The number of unbranched alkanes of at least 4 members (excludes halogenated alkanes) is 1. The highest BCUT2D eigenvalue weighted by Gasteiger charge is 2.03. The largest absolute Gasteiger partial charge is 0.399 e. The van der Waals surface area contributed by atoms with Gasteiger partial charge in [-0.25, -0.2) is 4.98 Å². The van der Waals surface area contributed by atoms with Crippen molar-refractivity contribution in [1.29, 1.82) is 0 Å². The number of aliphatic hydroxyl groups is 1. The lowest BCUT2D eigenvalue weighted by atomic mass is 10.2. The van der Waals surface area contributed by atoms with Gasteiger partial charge in [-0.3, -0.25) is 0 Å². The molecule has 4 heteroatoms. The van der Waals surface area contributed by atoms with E-state index in [2.05, 4.69) is 4.98 Å². The van der Waals surface area contributed by atoms with E-state index in [1.54, 1.807) is 11.3 Å². The predicted octanol–water partition coefficient (Wildman–Crippen LogP) is 2.19. The van der Waals surface area contributed by atoms with E-state index < -0.39 is 0 Å². The first kappa shape index (κ1) is 10.4. The Morgan fingerprint density at radius 2 is 2.20 bits per heavy atom. The second kappa shape index (κ2) is 4.59. The lowest BCUT2D eigenvalue weighted by Gasteiger charge is -1.92. The molecule has 0 spiro atoms. The smallest absolute Gasteiger partial charge is 0.0938 e. The molecule has 80 valence electrons. The summed E-state index contributed by atoms with van der Waals surface area (Å²) < 4.78 is 1.15. The van der Waals surface area contributed by atoms with E-state index in [1.165, 1.54) is 0 Å². The molecule has 1 aromatic carbocycles. The first-order chi connectivity index (χ1) is 7.29. The molecule has 2 aromatic rings. The minimum Gasteiger partial charge on any atom is -0.399 e. The molecule has 0 saturated heterocycles. The molecule has 3 N–H and O–H groups in total. The number of thiazole rings is 1. The summed E-state index contributed by atoms with van der Waals surface area (Å²) in [7, 11) is 0. The summed E-state index contributed by atoms with van der Waals surface area (Å²) >= 11 is 1.69. The van der Waals surface area contributed by atoms with Gasteiger partial charge in [0.1, 0.15) is 0 Å². The molecule has 0 unspecified atom stereocenters. The third-order valence-electron chi connectivity index (χ3n) is 2.26. The molecule has 0 saturated carbocycles. The molecule has 0 amide bonds. The fraction of sp³-hybridized carbons (Fsp3) is 0.364. The maximum atomic E-state index is 8.69. The molecular formula is C11H14N2OS. The molecule has 0 aliphatic rings. The number of aliphatic hydroxyl groups excluding tert-OH is 1. The summed E-state index contributed by atoms with van der Waals surface area (Å²) in [5.74, 6) is 0. The van der Waals surface area contributed by atoms with Crippen LogP contribution in [-0.2, 0) is 6.42 Å². The number of aryl methyl sites for hydroxylation is 1. The molecule has 2 rings (SSSR count). The lowest BCUT2D eigenvalue weighted by molar-refractivity contribution is 0.284. The van der Waals surface area contributed by atoms with Crippen LogP contribution < -0.4 is 5.73 Å². The number of anilines is 1. The van der Waals surface area contributed by atoms with E-state index in [4.69, 9.17) is 10.8 Å². The number of fused-ring (bicyclic) bond motifs is 1. The van der Waals surface area contributed by atoms with Gasteiger partial charge >= 0.3 is 0 Å². The molecule has 0 atom stereocenters. The van der Waals surface area contributed by atoms with Crippen molar-refractivity contribution < 1.29 is 5.11 Å². The normalized spacial score (nSPS) is 11.0. The third kappa shape index (κ3) is 2.46. The Morgan fingerprint density at radius 1 is 1.33 bits per heavy atom. The first-order valence-corrected chi connectivity index (χ1v) is 5.87. The van der Waals surface area contributed by atoms with Gasteiger partial charge in [0.25, 0.3) is 0 Å². The van der Waals surface area contributed by atoms with Crippen molar-refractivity contribution in [2.45, 2.75) is 19.3 Å². The molecule has 0 radical (unpaired) electrons. The summed E-state index contributed by atoms with van der Waals surface area (Å²) in [6, 6.07) is 5.79. The Kier molecular flexibility index (Phi) is 3.18. The van der Waals surface area contributed by atoms with Crippen molar-refractivity contribution in [3.8, 4) is 0 Å². The summed E-state index contributed by atoms with van der Waals surface area (Å²) in [4.78, 5) is 4.51. The molecular weight excluding hydrogens is 208 g/mol. The zero-order valence-electron chi connectivity index (χ0n) is 8.44. The number of hydrogen-bond donors (Lipinski definition) is 2. The van der Waals surface area contributed by atoms with Crippen LogP contribution in [0.15, 0.2) is 18.2 Å². The van der Waals surface area contributed by atoms with Crippen LogP contribution in [-0.4, -0.2) is 16.7 Å². The molecule has 0 aliphatic heterocycles. The second-order valence-corrected chi connectivity index (χ2v) is 4.63. The minimum absolute atomic E-state index is 0.262. The maximum Gasteiger partial charge on any atom is 0.0938 e.